The first kappa shape index (κ1) is 18.8. The summed E-state index contributed by atoms with van der Waals surface area (Å²) in [6.07, 6.45) is 6.27. The second kappa shape index (κ2) is 8.22. The van der Waals surface area contributed by atoms with Gasteiger partial charge in [0.2, 0.25) is 0 Å². The number of benzene rings is 1. The number of nitrogens with one attached hydrogen (secondary N) is 1. The molecule has 1 saturated carbocycles. The Hall–Kier alpha value is -2.54. The van der Waals surface area contributed by atoms with Crippen molar-refractivity contribution in [3.05, 3.63) is 30.3 Å². The highest BCUT2D eigenvalue weighted by atomic mass is 16.3. The van der Waals surface area contributed by atoms with E-state index in [0.29, 0.717) is 23.0 Å². The Morgan fingerprint density at radius 3 is 2.57 bits per heavy atom. The molecule has 2 N–H and O–H groups in total. The van der Waals surface area contributed by atoms with Gasteiger partial charge >= 0.3 is 0 Å². The van der Waals surface area contributed by atoms with E-state index < -0.39 is 6.10 Å². The van der Waals surface area contributed by atoms with Crippen molar-refractivity contribution in [1.82, 2.24) is 25.0 Å². The number of fused-ring (bicyclic) bond motifs is 1. The van der Waals surface area contributed by atoms with E-state index in [9.17, 15) is 5.11 Å². The van der Waals surface area contributed by atoms with Crippen LogP contribution in [0.2, 0.25) is 0 Å². The maximum atomic E-state index is 10.2. The molecule has 1 fully saturated rings. The second-order valence-corrected chi connectivity index (χ2v) is 7.66. The number of rotatable bonds is 6. The number of aliphatic hydroxyl groups excluding tert-OH is 1. The highest BCUT2D eigenvalue weighted by molar-refractivity contribution is 5.84. The van der Waals surface area contributed by atoms with Crippen molar-refractivity contribution in [3.63, 3.8) is 0 Å². The smallest absolute Gasteiger partial charge is 0.184 e. The van der Waals surface area contributed by atoms with Crippen molar-refractivity contribution in [2.24, 2.45) is 0 Å². The number of aliphatic hydroxyl groups is 1. The zero-order valence-electron chi connectivity index (χ0n) is 16.5. The van der Waals surface area contributed by atoms with E-state index in [-0.39, 0.29) is 6.04 Å². The molecule has 2 heterocycles. The molecule has 3 aromatic rings. The first-order valence-corrected chi connectivity index (χ1v) is 10.3. The molecule has 28 heavy (non-hydrogen) atoms. The van der Waals surface area contributed by atoms with Gasteiger partial charge in [0.05, 0.1) is 12.1 Å². The van der Waals surface area contributed by atoms with Crippen molar-refractivity contribution in [1.29, 1.82) is 0 Å². The lowest BCUT2D eigenvalue weighted by Crippen LogP contribution is -2.24. The molecular formula is C21H28N6O. The van der Waals surface area contributed by atoms with Crippen LogP contribution < -0.4 is 5.32 Å². The maximum Gasteiger partial charge on any atom is 0.184 e. The van der Waals surface area contributed by atoms with Crippen LogP contribution in [0.15, 0.2) is 30.3 Å². The van der Waals surface area contributed by atoms with Crippen LogP contribution in [0.4, 0.5) is 5.82 Å². The molecule has 7 heteroatoms. The Balaban J connectivity index is 1.82. The Labute approximate surface area is 165 Å². The average Bonchev–Trinajstić information content (AvgIpc) is 3.14. The van der Waals surface area contributed by atoms with Crippen LogP contribution in [-0.2, 0) is 0 Å². The molecule has 4 rings (SSSR count). The number of hydrogen-bond donors (Lipinski definition) is 2. The predicted octanol–water partition coefficient (Wildman–Crippen LogP) is 3.96. The van der Waals surface area contributed by atoms with Gasteiger partial charge in [0.15, 0.2) is 22.8 Å². The van der Waals surface area contributed by atoms with E-state index in [1.54, 1.807) is 11.6 Å². The standard InChI is InChI=1S/C21H28N6O/c1-3-17(14(2)28)27-21-18(25-26-27)20(22-16-12-8-5-9-13-16)23-19(24-21)15-10-6-4-7-11-15/h4,6-7,10-11,14,16-17,28H,3,5,8-9,12-13H2,1-2H3,(H,22,23,24)/t14-,17+/m1/s1. The van der Waals surface area contributed by atoms with Gasteiger partial charge in [-0.3, -0.25) is 0 Å². The van der Waals surface area contributed by atoms with Gasteiger partial charge in [0.1, 0.15) is 0 Å². The van der Waals surface area contributed by atoms with Crippen LogP contribution >= 0.6 is 0 Å². The molecule has 1 aromatic carbocycles. The monoisotopic (exact) mass is 380 g/mol. The fourth-order valence-electron chi connectivity index (χ4n) is 4.03. The number of nitrogens with zero attached hydrogens (tertiary/aromatic N) is 5. The highest BCUT2D eigenvalue weighted by Crippen LogP contribution is 2.29. The van der Waals surface area contributed by atoms with Gasteiger partial charge in [-0.05, 0) is 26.2 Å². The summed E-state index contributed by atoms with van der Waals surface area (Å²) in [7, 11) is 0. The molecule has 1 aliphatic rings. The zero-order chi connectivity index (χ0) is 19.5. The normalized spacial score (nSPS) is 17.5. The molecule has 148 valence electrons. The van der Waals surface area contributed by atoms with Crippen molar-refractivity contribution >= 4 is 17.0 Å². The van der Waals surface area contributed by atoms with Crippen molar-refractivity contribution in [3.8, 4) is 11.4 Å². The lowest BCUT2D eigenvalue weighted by molar-refractivity contribution is 0.121. The van der Waals surface area contributed by atoms with E-state index in [0.717, 1.165) is 30.6 Å². The summed E-state index contributed by atoms with van der Waals surface area (Å²) < 4.78 is 1.75. The number of aromatic nitrogens is 5. The van der Waals surface area contributed by atoms with Gasteiger partial charge in [-0.25, -0.2) is 14.6 Å². The van der Waals surface area contributed by atoms with E-state index in [1.807, 2.05) is 37.3 Å². The summed E-state index contributed by atoms with van der Waals surface area (Å²) in [5.74, 6) is 1.39. The number of anilines is 1. The highest BCUT2D eigenvalue weighted by Gasteiger charge is 2.24. The lowest BCUT2D eigenvalue weighted by atomic mass is 9.95. The van der Waals surface area contributed by atoms with Gasteiger partial charge in [0.25, 0.3) is 0 Å². The predicted molar refractivity (Wildman–Crippen MR) is 110 cm³/mol. The van der Waals surface area contributed by atoms with Crippen LogP contribution in [0.25, 0.3) is 22.6 Å². The van der Waals surface area contributed by atoms with Crippen molar-refractivity contribution in [2.75, 3.05) is 5.32 Å². The summed E-state index contributed by atoms with van der Waals surface area (Å²) >= 11 is 0. The molecule has 1 aliphatic carbocycles. The maximum absolute atomic E-state index is 10.2. The minimum atomic E-state index is -0.542. The molecular weight excluding hydrogens is 352 g/mol. The van der Waals surface area contributed by atoms with Crippen LogP contribution in [0.3, 0.4) is 0 Å². The molecule has 2 atom stereocenters. The molecule has 2 aromatic heterocycles. The van der Waals surface area contributed by atoms with Crippen molar-refractivity contribution < 1.29 is 5.11 Å². The third-order valence-corrected chi connectivity index (χ3v) is 5.59. The summed E-state index contributed by atoms with van der Waals surface area (Å²) in [5.41, 5.74) is 2.29. The Morgan fingerprint density at radius 1 is 1.14 bits per heavy atom. The zero-order valence-corrected chi connectivity index (χ0v) is 16.5. The molecule has 0 spiro atoms. The van der Waals surface area contributed by atoms with Crippen LogP contribution in [-0.4, -0.2) is 42.2 Å². The average molecular weight is 380 g/mol. The van der Waals surface area contributed by atoms with Gasteiger partial charge in [-0.15, -0.1) is 5.10 Å². The Bertz CT molecular complexity index is 917. The van der Waals surface area contributed by atoms with Gasteiger partial charge in [0, 0.05) is 11.6 Å². The largest absolute Gasteiger partial charge is 0.391 e. The summed E-state index contributed by atoms with van der Waals surface area (Å²) in [4.78, 5) is 9.59. The minimum absolute atomic E-state index is 0.175. The van der Waals surface area contributed by atoms with E-state index >= 15 is 0 Å². The second-order valence-electron chi connectivity index (χ2n) is 7.66. The first-order chi connectivity index (χ1) is 13.7. The molecule has 0 radical (unpaired) electrons. The molecule has 0 saturated heterocycles. The topological polar surface area (TPSA) is 88.8 Å². The Morgan fingerprint density at radius 2 is 1.89 bits per heavy atom. The van der Waals surface area contributed by atoms with E-state index in [2.05, 4.69) is 15.6 Å². The lowest BCUT2D eigenvalue weighted by Gasteiger charge is -2.23. The van der Waals surface area contributed by atoms with E-state index in [4.69, 9.17) is 9.97 Å². The SMILES string of the molecule is CC[C@@H]([C@@H](C)O)n1nnc2c(NC3CCCCC3)nc(-c3ccccc3)nc21. The number of hydrogen-bond acceptors (Lipinski definition) is 6. The van der Waals surface area contributed by atoms with E-state index in [1.165, 1.54) is 19.3 Å². The van der Waals surface area contributed by atoms with Crippen LogP contribution in [0, 0.1) is 0 Å². The third kappa shape index (κ3) is 3.71. The fourth-order valence-corrected chi connectivity index (χ4v) is 4.03. The van der Waals surface area contributed by atoms with Gasteiger partial charge in [-0.2, -0.15) is 0 Å². The van der Waals surface area contributed by atoms with Crippen molar-refractivity contribution in [2.45, 2.75) is 70.6 Å². The van der Waals surface area contributed by atoms with Crippen LogP contribution in [0.5, 0.6) is 0 Å². The van der Waals surface area contributed by atoms with Gasteiger partial charge in [-0.1, -0.05) is 61.7 Å². The summed E-state index contributed by atoms with van der Waals surface area (Å²) in [6.45, 7) is 3.81. The molecule has 0 amide bonds. The third-order valence-electron chi connectivity index (χ3n) is 5.59. The fraction of sp³-hybridized carbons (Fsp3) is 0.524. The van der Waals surface area contributed by atoms with Gasteiger partial charge < -0.3 is 10.4 Å². The molecule has 0 aliphatic heterocycles. The molecule has 7 nitrogen and oxygen atoms in total. The van der Waals surface area contributed by atoms with Crippen LogP contribution in [0.1, 0.15) is 58.4 Å². The minimum Gasteiger partial charge on any atom is -0.391 e. The summed E-state index contributed by atoms with van der Waals surface area (Å²) in [5, 5.41) is 22.5. The Kier molecular flexibility index (Phi) is 5.52. The molecule has 0 bridgehead atoms. The quantitative estimate of drug-likeness (QED) is 0.673. The summed E-state index contributed by atoms with van der Waals surface area (Å²) in [6, 6.07) is 10.2. The molecule has 0 unspecified atom stereocenters. The first-order valence-electron chi connectivity index (χ1n) is 10.3.